The average molecular weight is 513 g/mol. The van der Waals surface area contributed by atoms with Crippen molar-refractivity contribution in [2.24, 2.45) is 0 Å². The van der Waals surface area contributed by atoms with Gasteiger partial charge in [0.05, 0.1) is 12.1 Å². The predicted molar refractivity (Wildman–Crippen MR) is 123 cm³/mol. The van der Waals surface area contributed by atoms with Gasteiger partial charge < -0.3 is 14.8 Å². The molecule has 0 amide bonds. The largest absolute Gasteiger partial charge is 0.493 e. The van der Waals surface area contributed by atoms with Crippen molar-refractivity contribution < 1.29 is 13.9 Å². The van der Waals surface area contributed by atoms with E-state index in [2.05, 4.69) is 21.2 Å². The van der Waals surface area contributed by atoms with Gasteiger partial charge in [-0.15, -0.1) is 0 Å². The summed E-state index contributed by atoms with van der Waals surface area (Å²) in [7, 11) is 1.57. The van der Waals surface area contributed by atoms with E-state index in [0.717, 1.165) is 28.0 Å². The monoisotopic (exact) mass is 511 g/mol. The molecule has 0 aliphatic carbocycles. The van der Waals surface area contributed by atoms with Gasteiger partial charge in [0.2, 0.25) is 0 Å². The van der Waals surface area contributed by atoms with Gasteiger partial charge in [0.15, 0.2) is 11.5 Å². The number of hydrogen-bond acceptors (Lipinski definition) is 3. The van der Waals surface area contributed by atoms with Crippen LogP contribution in [-0.4, -0.2) is 13.7 Å². The van der Waals surface area contributed by atoms with Crippen LogP contribution in [0.15, 0.2) is 59.1 Å². The van der Waals surface area contributed by atoms with Crippen LogP contribution < -0.4 is 14.8 Å². The Kier molecular flexibility index (Phi) is 8.40. The highest BCUT2D eigenvalue weighted by Gasteiger charge is 2.16. The minimum Gasteiger partial charge on any atom is -0.493 e. The molecule has 0 saturated heterocycles. The highest BCUT2D eigenvalue weighted by Crippen LogP contribution is 2.37. The molecule has 0 heterocycles. The molecule has 30 heavy (non-hydrogen) atoms. The lowest BCUT2D eigenvalue weighted by atomic mass is 10.1. The smallest absolute Gasteiger partial charge is 0.167 e. The van der Waals surface area contributed by atoms with E-state index in [4.69, 9.17) is 32.7 Å². The summed E-state index contributed by atoms with van der Waals surface area (Å²) in [6.07, 6.45) is 0.861. The quantitative estimate of drug-likeness (QED) is 0.319. The van der Waals surface area contributed by atoms with Gasteiger partial charge >= 0.3 is 0 Å². The van der Waals surface area contributed by atoms with Crippen LogP contribution >= 0.6 is 39.1 Å². The molecular formula is C23H21BrCl2FNO2. The second kappa shape index (κ2) is 11.0. The predicted octanol–water partition coefficient (Wildman–Crippen LogP) is 6.81. The summed E-state index contributed by atoms with van der Waals surface area (Å²) in [4.78, 5) is 0. The zero-order valence-electron chi connectivity index (χ0n) is 16.4. The second-order valence-corrected chi connectivity index (χ2v) is 8.30. The number of hydrogen-bond donors (Lipinski definition) is 1. The van der Waals surface area contributed by atoms with Crippen LogP contribution in [0.25, 0.3) is 0 Å². The molecular weight excluding hydrogens is 492 g/mol. The fourth-order valence-corrected chi connectivity index (χ4v) is 3.77. The van der Waals surface area contributed by atoms with Crippen molar-refractivity contribution in [1.29, 1.82) is 0 Å². The van der Waals surface area contributed by atoms with Crippen molar-refractivity contribution in [3.8, 4) is 11.5 Å². The van der Waals surface area contributed by atoms with Crippen LogP contribution in [0.5, 0.6) is 11.5 Å². The van der Waals surface area contributed by atoms with Crippen LogP contribution in [0.2, 0.25) is 10.0 Å². The van der Waals surface area contributed by atoms with Crippen molar-refractivity contribution in [2.75, 3.05) is 13.7 Å². The van der Waals surface area contributed by atoms with Gasteiger partial charge in [0.1, 0.15) is 12.4 Å². The van der Waals surface area contributed by atoms with Crippen LogP contribution in [-0.2, 0) is 19.6 Å². The molecule has 0 unspecified atom stereocenters. The van der Waals surface area contributed by atoms with Gasteiger partial charge in [0, 0.05) is 27.2 Å². The van der Waals surface area contributed by atoms with Gasteiger partial charge in [-0.1, -0.05) is 57.3 Å². The number of methoxy groups -OCH3 is 1. The van der Waals surface area contributed by atoms with E-state index in [1.165, 1.54) is 11.6 Å². The number of ether oxygens (including phenoxy) is 2. The number of rotatable bonds is 9. The Morgan fingerprint density at radius 1 is 1.00 bits per heavy atom. The van der Waals surface area contributed by atoms with Gasteiger partial charge in [-0.25, -0.2) is 4.39 Å². The Balaban J connectivity index is 1.71. The molecule has 3 rings (SSSR count). The zero-order chi connectivity index (χ0) is 21.5. The van der Waals surface area contributed by atoms with Crippen molar-refractivity contribution in [3.05, 3.63) is 91.6 Å². The van der Waals surface area contributed by atoms with Gasteiger partial charge in [-0.05, 0) is 54.9 Å². The van der Waals surface area contributed by atoms with E-state index in [1.807, 2.05) is 30.3 Å². The molecule has 3 aromatic carbocycles. The molecule has 7 heteroatoms. The SMILES string of the molecule is COc1ccc(Br)c(CNCCc2ccc(Cl)cc2)c1OCc1c(F)cccc1Cl. The minimum absolute atomic E-state index is 0.00387. The minimum atomic E-state index is -0.404. The third-order valence-electron chi connectivity index (χ3n) is 4.62. The third kappa shape index (κ3) is 5.88. The molecule has 0 spiro atoms. The second-order valence-electron chi connectivity index (χ2n) is 6.60. The van der Waals surface area contributed by atoms with Crippen LogP contribution in [0.4, 0.5) is 4.39 Å². The highest BCUT2D eigenvalue weighted by molar-refractivity contribution is 9.10. The van der Waals surface area contributed by atoms with Gasteiger partial charge in [-0.2, -0.15) is 0 Å². The first-order chi connectivity index (χ1) is 14.5. The number of benzene rings is 3. The van der Waals surface area contributed by atoms with Crippen LogP contribution in [0.3, 0.4) is 0 Å². The lowest BCUT2D eigenvalue weighted by molar-refractivity contribution is 0.276. The van der Waals surface area contributed by atoms with Crippen LogP contribution in [0.1, 0.15) is 16.7 Å². The van der Waals surface area contributed by atoms with Gasteiger partial charge in [-0.3, -0.25) is 0 Å². The van der Waals surface area contributed by atoms with Crippen molar-refractivity contribution in [1.82, 2.24) is 5.32 Å². The fraction of sp³-hybridized carbons (Fsp3) is 0.217. The Labute approximate surface area is 194 Å². The Morgan fingerprint density at radius 3 is 2.47 bits per heavy atom. The standard InChI is InChI=1S/C23H21BrCl2FNO2/c1-29-22-10-9-19(24)17(13-28-12-11-15-5-7-16(25)8-6-15)23(22)30-14-18-20(26)3-2-4-21(18)27/h2-10,28H,11-14H2,1H3. The Bertz CT molecular complexity index is 979. The van der Waals surface area contributed by atoms with E-state index in [1.54, 1.807) is 25.3 Å². The third-order valence-corrected chi connectivity index (χ3v) is 5.96. The summed E-state index contributed by atoms with van der Waals surface area (Å²) in [6.45, 7) is 1.31. The Morgan fingerprint density at radius 2 is 1.77 bits per heavy atom. The molecule has 3 nitrogen and oxygen atoms in total. The summed E-state index contributed by atoms with van der Waals surface area (Å²) in [6, 6.07) is 16.1. The zero-order valence-corrected chi connectivity index (χ0v) is 19.5. The van der Waals surface area contributed by atoms with E-state index >= 15 is 0 Å². The summed E-state index contributed by atoms with van der Waals surface area (Å²) in [5.74, 6) is 0.712. The molecule has 0 bridgehead atoms. The molecule has 0 aliphatic rings. The van der Waals surface area contributed by atoms with E-state index in [9.17, 15) is 4.39 Å². The lowest BCUT2D eigenvalue weighted by Crippen LogP contribution is -2.18. The summed E-state index contributed by atoms with van der Waals surface area (Å²) in [5.41, 5.74) is 2.39. The summed E-state index contributed by atoms with van der Waals surface area (Å²) < 4.78 is 26.4. The molecule has 0 atom stereocenters. The van der Waals surface area contributed by atoms with E-state index < -0.39 is 5.82 Å². The molecule has 0 aliphatic heterocycles. The number of halogens is 4. The van der Waals surface area contributed by atoms with Crippen molar-refractivity contribution in [2.45, 2.75) is 19.6 Å². The molecule has 1 N–H and O–H groups in total. The maximum atomic E-state index is 14.1. The fourth-order valence-electron chi connectivity index (χ4n) is 2.98. The maximum absolute atomic E-state index is 14.1. The first kappa shape index (κ1) is 22.9. The molecule has 3 aromatic rings. The molecule has 0 radical (unpaired) electrons. The maximum Gasteiger partial charge on any atom is 0.167 e. The normalized spacial score (nSPS) is 10.8. The molecule has 0 aromatic heterocycles. The van der Waals surface area contributed by atoms with E-state index in [-0.39, 0.29) is 6.61 Å². The molecule has 0 fully saturated rings. The number of nitrogens with one attached hydrogen (secondary N) is 1. The first-order valence-electron chi connectivity index (χ1n) is 9.35. The molecule has 0 saturated carbocycles. The van der Waals surface area contributed by atoms with Gasteiger partial charge in [0.25, 0.3) is 0 Å². The van der Waals surface area contributed by atoms with E-state index in [0.29, 0.717) is 28.6 Å². The summed E-state index contributed by atoms with van der Waals surface area (Å²) >= 11 is 15.6. The molecule has 158 valence electrons. The van der Waals surface area contributed by atoms with Crippen molar-refractivity contribution >= 4 is 39.1 Å². The van der Waals surface area contributed by atoms with Crippen LogP contribution in [0, 0.1) is 5.82 Å². The first-order valence-corrected chi connectivity index (χ1v) is 10.9. The average Bonchev–Trinajstić information content (AvgIpc) is 2.73. The summed E-state index contributed by atoms with van der Waals surface area (Å²) in [5, 5.41) is 4.47. The highest BCUT2D eigenvalue weighted by atomic mass is 79.9. The Hall–Kier alpha value is -1.79. The van der Waals surface area contributed by atoms with Crippen molar-refractivity contribution in [3.63, 3.8) is 0 Å². The lowest BCUT2D eigenvalue weighted by Gasteiger charge is -2.18. The topological polar surface area (TPSA) is 30.5 Å².